The van der Waals surface area contributed by atoms with Crippen LogP contribution in [0.15, 0.2) is 36.7 Å². The Bertz CT molecular complexity index is 614. The van der Waals surface area contributed by atoms with Crippen molar-refractivity contribution in [3.05, 3.63) is 36.7 Å². The second-order valence-corrected chi connectivity index (χ2v) is 4.90. The van der Waals surface area contributed by atoms with Crippen LogP contribution in [-0.4, -0.2) is 46.1 Å². The fourth-order valence-corrected chi connectivity index (χ4v) is 2.50. The summed E-state index contributed by atoms with van der Waals surface area (Å²) < 4.78 is 7.04. The number of para-hydroxylation sites is 2. The van der Waals surface area contributed by atoms with E-state index in [0.29, 0.717) is 24.5 Å². The van der Waals surface area contributed by atoms with Crippen LogP contribution in [0.1, 0.15) is 12.5 Å². The van der Waals surface area contributed by atoms with Gasteiger partial charge in [0.25, 0.3) is 0 Å². The van der Waals surface area contributed by atoms with Gasteiger partial charge in [0.1, 0.15) is 5.75 Å². The zero-order chi connectivity index (χ0) is 14.7. The summed E-state index contributed by atoms with van der Waals surface area (Å²) in [5.74, 6) is 0.651. The summed E-state index contributed by atoms with van der Waals surface area (Å²) in [4.78, 5) is 14.1. The number of amides is 2. The average molecular weight is 287 g/mol. The Balaban J connectivity index is 1.64. The Morgan fingerprint density at radius 2 is 2.29 bits per heavy atom. The lowest BCUT2D eigenvalue weighted by Crippen LogP contribution is -2.33. The molecule has 7 heteroatoms. The number of nitrogens with one attached hydrogen (secondary N) is 1. The van der Waals surface area contributed by atoms with E-state index in [4.69, 9.17) is 4.74 Å². The maximum Gasteiger partial charge on any atom is 0.322 e. The lowest BCUT2D eigenvalue weighted by molar-refractivity contribution is 0.220. The van der Waals surface area contributed by atoms with Crippen molar-refractivity contribution in [3.8, 4) is 5.75 Å². The summed E-state index contributed by atoms with van der Waals surface area (Å²) >= 11 is 0. The molecule has 2 heterocycles. The Morgan fingerprint density at radius 1 is 1.43 bits per heavy atom. The van der Waals surface area contributed by atoms with Crippen molar-refractivity contribution >= 4 is 11.7 Å². The van der Waals surface area contributed by atoms with Gasteiger partial charge in [-0.3, -0.25) is 0 Å². The molecule has 2 amide bonds. The molecule has 0 radical (unpaired) electrons. The van der Waals surface area contributed by atoms with Crippen molar-refractivity contribution < 1.29 is 9.53 Å². The fourth-order valence-electron chi connectivity index (χ4n) is 2.50. The zero-order valence-electron chi connectivity index (χ0n) is 11.8. The van der Waals surface area contributed by atoms with Crippen molar-refractivity contribution in [1.82, 2.24) is 19.9 Å². The lowest BCUT2D eigenvalue weighted by atomic mass is 10.3. The van der Waals surface area contributed by atoms with Gasteiger partial charge in [-0.15, -0.1) is 5.10 Å². The van der Waals surface area contributed by atoms with Gasteiger partial charge in [-0.1, -0.05) is 17.3 Å². The predicted octanol–water partition coefficient (Wildman–Crippen LogP) is 1.77. The molecule has 0 saturated carbocycles. The highest BCUT2D eigenvalue weighted by molar-refractivity contribution is 5.91. The fraction of sp³-hybridized carbons (Fsp3) is 0.357. The Hall–Kier alpha value is -2.57. The molecule has 1 aromatic heterocycles. The first kappa shape index (κ1) is 13.4. The van der Waals surface area contributed by atoms with Crippen LogP contribution < -0.4 is 10.1 Å². The van der Waals surface area contributed by atoms with E-state index in [9.17, 15) is 4.79 Å². The van der Waals surface area contributed by atoms with E-state index < -0.39 is 0 Å². The van der Waals surface area contributed by atoms with Crippen molar-refractivity contribution in [3.63, 3.8) is 0 Å². The smallest absolute Gasteiger partial charge is 0.322 e. The number of aromatic nitrogens is 3. The van der Waals surface area contributed by atoms with Crippen LogP contribution in [0.3, 0.4) is 0 Å². The topological polar surface area (TPSA) is 72.3 Å². The van der Waals surface area contributed by atoms with Crippen LogP contribution in [0.25, 0.3) is 0 Å². The van der Waals surface area contributed by atoms with Gasteiger partial charge in [-0.25, -0.2) is 9.48 Å². The average Bonchev–Trinajstić information content (AvgIpc) is 3.18. The summed E-state index contributed by atoms with van der Waals surface area (Å²) in [5.41, 5.74) is 0.675. The normalized spacial score (nSPS) is 17.8. The number of ether oxygens (including phenoxy) is 1. The zero-order valence-corrected chi connectivity index (χ0v) is 11.8. The standard InChI is InChI=1S/C14H17N5O2/c1-21-13-5-3-2-4-12(13)16-14(20)18-8-6-11(10-18)19-9-7-15-17-19/h2-5,7,9,11H,6,8,10H2,1H3,(H,16,20)/t11-/m1/s1. The van der Waals surface area contributed by atoms with E-state index in [-0.39, 0.29) is 12.1 Å². The van der Waals surface area contributed by atoms with Crippen molar-refractivity contribution in [2.75, 3.05) is 25.5 Å². The first-order chi connectivity index (χ1) is 10.3. The molecule has 1 N–H and O–H groups in total. The molecule has 21 heavy (non-hydrogen) atoms. The van der Waals surface area contributed by atoms with Crippen LogP contribution in [0.4, 0.5) is 10.5 Å². The van der Waals surface area contributed by atoms with Gasteiger partial charge < -0.3 is 15.0 Å². The highest BCUT2D eigenvalue weighted by Crippen LogP contribution is 2.25. The first-order valence-corrected chi connectivity index (χ1v) is 6.82. The van der Waals surface area contributed by atoms with Crippen molar-refractivity contribution in [1.29, 1.82) is 0 Å². The summed E-state index contributed by atoms with van der Waals surface area (Å²) in [5, 5.41) is 10.7. The van der Waals surface area contributed by atoms with E-state index in [2.05, 4.69) is 15.6 Å². The number of methoxy groups -OCH3 is 1. The van der Waals surface area contributed by atoms with E-state index >= 15 is 0 Å². The van der Waals surface area contributed by atoms with Crippen LogP contribution in [0.2, 0.25) is 0 Å². The van der Waals surface area contributed by atoms with Gasteiger partial charge in [-0.2, -0.15) is 0 Å². The number of anilines is 1. The van der Waals surface area contributed by atoms with Gasteiger partial charge in [0.05, 0.1) is 25.0 Å². The molecule has 1 fully saturated rings. The van der Waals surface area contributed by atoms with Gasteiger partial charge in [0.15, 0.2) is 0 Å². The van der Waals surface area contributed by atoms with E-state index in [0.717, 1.165) is 6.42 Å². The molecule has 110 valence electrons. The SMILES string of the molecule is COc1ccccc1NC(=O)N1CC[C@@H](n2ccnn2)C1. The molecular weight excluding hydrogens is 270 g/mol. The maximum atomic E-state index is 12.3. The quantitative estimate of drug-likeness (QED) is 0.933. The summed E-state index contributed by atoms with van der Waals surface area (Å²) in [6, 6.07) is 7.43. The largest absolute Gasteiger partial charge is 0.495 e. The third-order valence-corrected chi connectivity index (χ3v) is 3.61. The molecule has 1 saturated heterocycles. The Kier molecular flexibility index (Phi) is 3.72. The summed E-state index contributed by atoms with van der Waals surface area (Å²) in [7, 11) is 1.58. The third kappa shape index (κ3) is 2.81. The number of hydrogen-bond donors (Lipinski definition) is 1. The number of carbonyl (C=O) groups excluding carboxylic acids is 1. The molecular formula is C14H17N5O2. The molecule has 2 aromatic rings. The molecule has 1 aromatic carbocycles. The highest BCUT2D eigenvalue weighted by Gasteiger charge is 2.28. The summed E-state index contributed by atoms with van der Waals surface area (Å²) in [6.07, 6.45) is 4.35. The molecule has 0 aliphatic carbocycles. The maximum absolute atomic E-state index is 12.3. The first-order valence-electron chi connectivity index (χ1n) is 6.82. The molecule has 1 atom stereocenters. The lowest BCUT2D eigenvalue weighted by Gasteiger charge is -2.18. The highest BCUT2D eigenvalue weighted by atomic mass is 16.5. The number of likely N-dealkylation sites (tertiary alicyclic amines) is 1. The van der Waals surface area contributed by atoms with Crippen molar-refractivity contribution in [2.24, 2.45) is 0 Å². The molecule has 7 nitrogen and oxygen atoms in total. The van der Waals surface area contributed by atoms with Gasteiger partial charge in [0, 0.05) is 19.3 Å². The second kappa shape index (κ2) is 5.82. The number of nitrogens with zero attached hydrogens (tertiary/aromatic N) is 4. The molecule has 3 rings (SSSR count). The van der Waals surface area contributed by atoms with Gasteiger partial charge in [0.2, 0.25) is 0 Å². The number of carbonyl (C=O) groups is 1. The molecule has 1 aliphatic rings. The van der Waals surface area contributed by atoms with Gasteiger partial charge in [-0.05, 0) is 18.6 Å². The Labute approximate surface area is 122 Å². The third-order valence-electron chi connectivity index (χ3n) is 3.61. The van der Waals surface area contributed by atoms with Crippen LogP contribution in [-0.2, 0) is 0 Å². The van der Waals surface area contributed by atoms with Crippen LogP contribution in [0, 0.1) is 0 Å². The number of benzene rings is 1. The van der Waals surface area contributed by atoms with E-state index in [1.54, 1.807) is 22.9 Å². The molecule has 0 bridgehead atoms. The van der Waals surface area contributed by atoms with Crippen molar-refractivity contribution in [2.45, 2.75) is 12.5 Å². The second-order valence-electron chi connectivity index (χ2n) is 4.90. The van der Waals surface area contributed by atoms with E-state index in [1.807, 2.05) is 30.5 Å². The molecule has 1 aliphatic heterocycles. The number of rotatable bonds is 3. The van der Waals surface area contributed by atoms with Crippen LogP contribution >= 0.6 is 0 Å². The minimum absolute atomic E-state index is 0.123. The minimum atomic E-state index is -0.123. The predicted molar refractivity (Wildman–Crippen MR) is 77.3 cm³/mol. The monoisotopic (exact) mass is 287 g/mol. The Morgan fingerprint density at radius 3 is 3.05 bits per heavy atom. The molecule has 0 spiro atoms. The molecule has 0 unspecified atom stereocenters. The van der Waals surface area contributed by atoms with Gasteiger partial charge >= 0.3 is 6.03 Å². The number of hydrogen-bond acceptors (Lipinski definition) is 4. The van der Waals surface area contributed by atoms with E-state index in [1.165, 1.54) is 0 Å². The van der Waals surface area contributed by atoms with Crippen LogP contribution in [0.5, 0.6) is 5.75 Å². The summed E-state index contributed by atoms with van der Waals surface area (Å²) in [6.45, 7) is 1.33. The minimum Gasteiger partial charge on any atom is -0.495 e. The number of urea groups is 1.